The first-order valence-electron chi connectivity index (χ1n) is 8.04. The van der Waals surface area contributed by atoms with Gasteiger partial charge in [0.05, 0.1) is 29.9 Å². The van der Waals surface area contributed by atoms with Gasteiger partial charge in [0.15, 0.2) is 5.65 Å². The number of rotatable bonds is 3. The summed E-state index contributed by atoms with van der Waals surface area (Å²) in [6, 6.07) is 2.54. The summed E-state index contributed by atoms with van der Waals surface area (Å²) in [7, 11) is 1.91. The van der Waals surface area contributed by atoms with Crippen molar-refractivity contribution in [2.75, 3.05) is 11.4 Å². The lowest BCUT2D eigenvalue weighted by molar-refractivity contribution is 0.497. The third-order valence-corrected chi connectivity index (χ3v) is 4.64. The summed E-state index contributed by atoms with van der Waals surface area (Å²) in [5.41, 5.74) is 3.17. The van der Waals surface area contributed by atoms with Gasteiger partial charge in [-0.25, -0.2) is 9.97 Å². The minimum Gasteiger partial charge on any atom is -0.351 e. The van der Waals surface area contributed by atoms with E-state index in [-0.39, 0.29) is 0 Å². The number of aromatic nitrogens is 6. The molecule has 4 heterocycles. The third kappa shape index (κ3) is 2.36. The SMILES string of the molecule is Cc1cc(C)n(C[C@H]2CCCN2c2ncnc3c2cnn3C)n1. The zero-order valence-corrected chi connectivity index (χ0v) is 13.8. The van der Waals surface area contributed by atoms with E-state index < -0.39 is 0 Å². The summed E-state index contributed by atoms with van der Waals surface area (Å²) in [5.74, 6) is 0.993. The molecule has 23 heavy (non-hydrogen) atoms. The van der Waals surface area contributed by atoms with E-state index in [1.165, 1.54) is 12.1 Å². The average molecular weight is 311 g/mol. The van der Waals surface area contributed by atoms with Gasteiger partial charge in [0.25, 0.3) is 0 Å². The second-order valence-electron chi connectivity index (χ2n) is 6.30. The highest BCUT2D eigenvalue weighted by Crippen LogP contribution is 2.30. The highest BCUT2D eigenvalue weighted by atomic mass is 15.3. The smallest absolute Gasteiger partial charge is 0.163 e. The van der Waals surface area contributed by atoms with Crippen LogP contribution < -0.4 is 4.90 Å². The Morgan fingerprint density at radius 2 is 2.13 bits per heavy atom. The fourth-order valence-corrected chi connectivity index (χ4v) is 3.54. The van der Waals surface area contributed by atoms with Gasteiger partial charge in [-0.15, -0.1) is 0 Å². The van der Waals surface area contributed by atoms with Gasteiger partial charge in [-0.05, 0) is 32.8 Å². The van der Waals surface area contributed by atoms with Crippen molar-refractivity contribution in [3.8, 4) is 0 Å². The van der Waals surface area contributed by atoms with E-state index in [1.54, 1.807) is 11.0 Å². The molecule has 0 aromatic carbocycles. The zero-order chi connectivity index (χ0) is 16.0. The molecule has 0 unspecified atom stereocenters. The Bertz CT molecular complexity index is 847. The highest BCUT2D eigenvalue weighted by Gasteiger charge is 2.28. The van der Waals surface area contributed by atoms with Gasteiger partial charge in [0.2, 0.25) is 0 Å². The number of nitrogens with zero attached hydrogens (tertiary/aromatic N) is 7. The lowest BCUT2D eigenvalue weighted by atomic mass is 10.2. The Kier molecular flexibility index (Phi) is 3.28. The molecule has 3 aromatic rings. The Balaban J connectivity index is 1.68. The molecule has 0 N–H and O–H groups in total. The summed E-state index contributed by atoms with van der Waals surface area (Å²) in [4.78, 5) is 11.3. The quantitative estimate of drug-likeness (QED) is 0.738. The van der Waals surface area contributed by atoms with E-state index in [0.717, 1.165) is 42.1 Å². The zero-order valence-electron chi connectivity index (χ0n) is 13.8. The Labute approximate surface area is 134 Å². The molecule has 0 aliphatic carbocycles. The average Bonchev–Trinajstić information content (AvgIpc) is 3.21. The highest BCUT2D eigenvalue weighted by molar-refractivity contribution is 5.86. The van der Waals surface area contributed by atoms with Crippen LogP contribution in [0.25, 0.3) is 11.0 Å². The third-order valence-electron chi connectivity index (χ3n) is 4.64. The Morgan fingerprint density at radius 3 is 2.91 bits per heavy atom. The molecule has 1 aliphatic rings. The van der Waals surface area contributed by atoms with Crippen LogP contribution in [0.4, 0.5) is 5.82 Å². The summed E-state index contributed by atoms with van der Waals surface area (Å²) in [6.07, 6.45) is 5.83. The Hall–Kier alpha value is -2.44. The Morgan fingerprint density at radius 1 is 1.26 bits per heavy atom. The first kappa shape index (κ1) is 14.2. The van der Waals surface area contributed by atoms with E-state index in [1.807, 2.05) is 20.2 Å². The van der Waals surface area contributed by atoms with Gasteiger partial charge in [-0.3, -0.25) is 9.36 Å². The number of hydrogen-bond donors (Lipinski definition) is 0. The summed E-state index contributed by atoms with van der Waals surface area (Å²) in [5, 5.41) is 9.96. The summed E-state index contributed by atoms with van der Waals surface area (Å²) in [6.45, 7) is 6.07. The van der Waals surface area contributed by atoms with Crippen LogP contribution in [0, 0.1) is 13.8 Å². The molecule has 0 spiro atoms. The number of hydrogen-bond acceptors (Lipinski definition) is 5. The predicted octanol–water partition coefficient (Wildman–Crippen LogP) is 1.85. The molecule has 7 heteroatoms. The maximum Gasteiger partial charge on any atom is 0.163 e. The van der Waals surface area contributed by atoms with Gasteiger partial charge in [0.1, 0.15) is 12.1 Å². The molecule has 0 radical (unpaired) electrons. The van der Waals surface area contributed by atoms with Gasteiger partial charge in [-0.1, -0.05) is 0 Å². The van der Waals surface area contributed by atoms with Crippen molar-refractivity contribution >= 4 is 16.9 Å². The van der Waals surface area contributed by atoms with E-state index in [2.05, 4.69) is 42.7 Å². The largest absolute Gasteiger partial charge is 0.351 e. The molecule has 0 saturated carbocycles. The van der Waals surface area contributed by atoms with Crippen LogP contribution in [0.1, 0.15) is 24.2 Å². The molecule has 7 nitrogen and oxygen atoms in total. The standard InChI is InChI=1S/C16H21N7/c1-11-7-12(2)23(20-11)9-13-5-4-6-22(13)16-14-8-19-21(3)15(14)17-10-18-16/h7-8,10,13H,4-6,9H2,1-3H3/t13-/m1/s1. The minimum absolute atomic E-state index is 0.409. The summed E-state index contributed by atoms with van der Waals surface area (Å²) >= 11 is 0. The molecule has 3 aromatic heterocycles. The monoisotopic (exact) mass is 311 g/mol. The van der Waals surface area contributed by atoms with Crippen LogP contribution >= 0.6 is 0 Å². The second kappa shape index (κ2) is 5.33. The van der Waals surface area contributed by atoms with Crippen molar-refractivity contribution in [1.29, 1.82) is 0 Å². The predicted molar refractivity (Wildman–Crippen MR) is 88.4 cm³/mol. The fraction of sp³-hybridized carbons (Fsp3) is 0.500. The number of anilines is 1. The van der Waals surface area contributed by atoms with Crippen molar-refractivity contribution in [2.24, 2.45) is 7.05 Å². The van der Waals surface area contributed by atoms with Crippen molar-refractivity contribution in [3.63, 3.8) is 0 Å². The molecule has 1 saturated heterocycles. The van der Waals surface area contributed by atoms with Gasteiger partial charge < -0.3 is 4.90 Å². The molecule has 1 fully saturated rings. The number of aryl methyl sites for hydroxylation is 3. The fourth-order valence-electron chi connectivity index (χ4n) is 3.54. The molecular weight excluding hydrogens is 290 g/mol. The van der Waals surface area contributed by atoms with Crippen LogP contribution in [0.2, 0.25) is 0 Å². The lowest BCUT2D eigenvalue weighted by Gasteiger charge is -2.26. The molecule has 4 rings (SSSR count). The van der Waals surface area contributed by atoms with Crippen LogP contribution in [-0.4, -0.2) is 42.1 Å². The maximum atomic E-state index is 4.61. The van der Waals surface area contributed by atoms with E-state index >= 15 is 0 Å². The maximum absolute atomic E-state index is 4.61. The van der Waals surface area contributed by atoms with Crippen LogP contribution in [0.3, 0.4) is 0 Å². The van der Waals surface area contributed by atoms with Crippen molar-refractivity contribution in [2.45, 2.75) is 39.3 Å². The topological polar surface area (TPSA) is 64.7 Å². The van der Waals surface area contributed by atoms with Gasteiger partial charge in [0, 0.05) is 19.3 Å². The van der Waals surface area contributed by atoms with Gasteiger partial charge in [-0.2, -0.15) is 10.2 Å². The van der Waals surface area contributed by atoms with Gasteiger partial charge >= 0.3 is 0 Å². The molecule has 120 valence electrons. The van der Waals surface area contributed by atoms with Crippen LogP contribution in [0.15, 0.2) is 18.6 Å². The second-order valence-corrected chi connectivity index (χ2v) is 6.30. The van der Waals surface area contributed by atoms with Crippen molar-refractivity contribution in [3.05, 3.63) is 30.0 Å². The molecule has 1 atom stereocenters. The van der Waals surface area contributed by atoms with Crippen molar-refractivity contribution < 1.29 is 0 Å². The molecule has 0 amide bonds. The molecular formula is C16H21N7. The summed E-state index contributed by atoms with van der Waals surface area (Å²) < 4.78 is 3.91. The normalized spacial score (nSPS) is 18.2. The minimum atomic E-state index is 0.409. The lowest BCUT2D eigenvalue weighted by Crippen LogP contribution is -2.34. The first-order chi connectivity index (χ1) is 11.1. The molecule has 0 bridgehead atoms. The first-order valence-corrected chi connectivity index (χ1v) is 8.04. The molecule has 1 aliphatic heterocycles. The van der Waals surface area contributed by atoms with Crippen molar-refractivity contribution in [1.82, 2.24) is 29.5 Å². The van der Waals surface area contributed by atoms with Crippen LogP contribution in [-0.2, 0) is 13.6 Å². The van der Waals surface area contributed by atoms with E-state index in [4.69, 9.17) is 0 Å². The number of fused-ring (bicyclic) bond motifs is 1. The van der Waals surface area contributed by atoms with E-state index in [9.17, 15) is 0 Å². The van der Waals surface area contributed by atoms with E-state index in [0.29, 0.717) is 6.04 Å². The van der Waals surface area contributed by atoms with Crippen LogP contribution in [0.5, 0.6) is 0 Å².